The predicted molar refractivity (Wildman–Crippen MR) is 86.3 cm³/mol. The summed E-state index contributed by atoms with van der Waals surface area (Å²) in [5.41, 5.74) is 9.32. The SMILES string of the molecule is CNS(=O)(=O)c1ccc(N(C)c2cccc(C)c2)c(N)c1. The van der Waals surface area contributed by atoms with Crippen molar-refractivity contribution in [1.82, 2.24) is 4.72 Å². The molecule has 0 aliphatic carbocycles. The van der Waals surface area contributed by atoms with Crippen LogP contribution in [0.5, 0.6) is 0 Å². The number of hydrogen-bond donors (Lipinski definition) is 2. The molecule has 0 saturated heterocycles. The van der Waals surface area contributed by atoms with Crippen LogP contribution in [-0.4, -0.2) is 22.5 Å². The predicted octanol–water partition coefficient (Wildman–Crippen LogP) is 2.25. The van der Waals surface area contributed by atoms with Gasteiger partial charge in [-0.15, -0.1) is 0 Å². The van der Waals surface area contributed by atoms with Gasteiger partial charge in [0.25, 0.3) is 0 Å². The zero-order valence-electron chi connectivity index (χ0n) is 12.3. The second kappa shape index (κ2) is 5.75. The minimum atomic E-state index is -3.48. The number of nitrogens with one attached hydrogen (secondary N) is 1. The molecule has 0 aliphatic rings. The smallest absolute Gasteiger partial charge is 0.240 e. The first kappa shape index (κ1) is 15.3. The number of aryl methyl sites for hydroxylation is 1. The fourth-order valence-corrected chi connectivity index (χ4v) is 2.86. The van der Waals surface area contributed by atoms with Crippen molar-refractivity contribution >= 4 is 27.1 Å². The maximum atomic E-state index is 11.8. The highest BCUT2D eigenvalue weighted by atomic mass is 32.2. The second-order valence-corrected chi connectivity index (χ2v) is 6.71. The normalized spacial score (nSPS) is 11.4. The molecule has 0 aliphatic heterocycles. The van der Waals surface area contributed by atoms with Gasteiger partial charge >= 0.3 is 0 Å². The van der Waals surface area contributed by atoms with Crippen molar-refractivity contribution in [3.63, 3.8) is 0 Å². The Bertz CT molecular complexity index is 757. The van der Waals surface area contributed by atoms with Crippen LogP contribution >= 0.6 is 0 Å². The van der Waals surface area contributed by atoms with E-state index in [0.29, 0.717) is 5.69 Å². The third-order valence-electron chi connectivity index (χ3n) is 3.33. The number of rotatable bonds is 4. The van der Waals surface area contributed by atoms with Crippen LogP contribution < -0.4 is 15.4 Å². The fourth-order valence-electron chi connectivity index (χ4n) is 2.10. The molecule has 21 heavy (non-hydrogen) atoms. The summed E-state index contributed by atoms with van der Waals surface area (Å²) in [6.45, 7) is 2.02. The first-order valence-electron chi connectivity index (χ1n) is 6.48. The zero-order chi connectivity index (χ0) is 15.6. The number of anilines is 3. The van der Waals surface area contributed by atoms with E-state index in [1.54, 1.807) is 12.1 Å². The van der Waals surface area contributed by atoms with E-state index in [1.807, 2.05) is 43.1 Å². The van der Waals surface area contributed by atoms with Gasteiger partial charge in [0.15, 0.2) is 0 Å². The summed E-state index contributed by atoms with van der Waals surface area (Å²) in [7, 11) is -0.214. The van der Waals surface area contributed by atoms with Gasteiger partial charge in [0.05, 0.1) is 16.3 Å². The number of sulfonamides is 1. The molecule has 6 heteroatoms. The Balaban J connectivity index is 2.42. The van der Waals surface area contributed by atoms with Gasteiger partial charge in [0.1, 0.15) is 0 Å². The maximum Gasteiger partial charge on any atom is 0.240 e. The van der Waals surface area contributed by atoms with Crippen LogP contribution in [0.1, 0.15) is 5.56 Å². The van der Waals surface area contributed by atoms with E-state index in [1.165, 1.54) is 13.1 Å². The van der Waals surface area contributed by atoms with Crippen LogP contribution in [0.4, 0.5) is 17.1 Å². The first-order valence-corrected chi connectivity index (χ1v) is 7.97. The van der Waals surface area contributed by atoms with Gasteiger partial charge in [-0.2, -0.15) is 0 Å². The summed E-state index contributed by atoms with van der Waals surface area (Å²) in [4.78, 5) is 2.09. The van der Waals surface area contributed by atoms with Crippen molar-refractivity contribution in [2.24, 2.45) is 0 Å². The minimum Gasteiger partial charge on any atom is -0.397 e. The fraction of sp³-hybridized carbons (Fsp3) is 0.200. The summed E-state index contributed by atoms with van der Waals surface area (Å²) < 4.78 is 25.8. The molecule has 0 unspecified atom stereocenters. The number of benzene rings is 2. The molecule has 2 aromatic rings. The Labute approximate surface area is 125 Å². The molecular weight excluding hydrogens is 286 g/mol. The average molecular weight is 305 g/mol. The molecule has 0 fully saturated rings. The summed E-state index contributed by atoms with van der Waals surface area (Å²) >= 11 is 0. The van der Waals surface area contributed by atoms with Crippen molar-refractivity contribution in [1.29, 1.82) is 0 Å². The van der Waals surface area contributed by atoms with Gasteiger partial charge in [0, 0.05) is 12.7 Å². The lowest BCUT2D eigenvalue weighted by Crippen LogP contribution is -2.19. The molecule has 2 rings (SSSR count). The summed E-state index contributed by atoms with van der Waals surface area (Å²) in [6, 6.07) is 12.7. The lowest BCUT2D eigenvalue weighted by atomic mass is 10.2. The van der Waals surface area contributed by atoms with E-state index < -0.39 is 10.0 Å². The van der Waals surface area contributed by atoms with E-state index in [4.69, 9.17) is 5.73 Å². The Morgan fingerprint density at radius 1 is 1.14 bits per heavy atom. The molecule has 5 nitrogen and oxygen atoms in total. The number of nitrogens with two attached hydrogens (primary N) is 1. The van der Waals surface area contributed by atoms with Crippen molar-refractivity contribution in [2.75, 3.05) is 24.7 Å². The number of hydrogen-bond acceptors (Lipinski definition) is 4. The quantitative estimate of drug-likeness (QED) is 0.850. The van der Waals surface area contributed by atoms with Gasteiger partial charge in [0.2, 0.25) is 10.0 Å². The molecule has 0 saturated carbocycles. The molecule has 0 radical (unpaired) electrons. The van der Waals surface area contributed by atoms with Crippen molar-refractivity contribution in [3.05, 3.63) is 48.0 Å². The topological polar surface area (TPSA) is 75.4 Å². The third-order valence-corrected chi connectivity index (χ3v) is 4.74. The molecule has 3 N–H and O–H groups in total. The minimum absolute atomic E-state index is 0.156. The van der Waals surface area contributed by atoms with Crippen LogP contribution in [0.15, 0.2) is 47.4 Å². The van der Waals surface area contributed by atoms with Crippen molar-refractivity contribution < 1.29 is 8.42 Å². The molecular formula is C15H19N3O2S. The molecule has 112 valence electrons. The van der Waals surface area contributed by atoms with Crippen LogP contribution in [-0.2, 0) is 10.0 Å². The second-order valence-electron chi connectivity index (χ2n) is 4.83. The van der Waals surface area contributed by atoms with E-state index in [-0.39, 0.29) is 4.90 Å². The average Bonchev–Trinajstić information content (AvgIpc) is 2.46. The van der Waals surface area contributed by atoms with Crippen molar-refractivity contribution in [3.8, 4) is 0 Å². The molecule has 0 aromatic heterocycles. The molecule has 0 spiro atoms. The van der Waals surface area contributed by atoms with Gasteiger partial charge in [-0.05, 0) is 49.9 Å². The zero-order valence-corrected chi connectivity index (χ0v) is 13.1. The Hall–Kier alpha value is -2.05. The van der Waals surface area contributed by atoms with Crippen LogP contribution in [0.25, 0.3) is 0 Å². The monoisotopic (exact) mass is 305 g/mol. The Kier molecular flexibility index (Phi) is 4.20. The molecule has 0 atom stereocenters. The van der Waals surface area contributed by atoms with Crippen LogP contribution in [0.2, 0.25) is 0 Å². The van der Waals surface area contributed by atoms with Gasteiger partial charge in [-0.3, -0.25) is 0 Å². The van der Waals surface area contributed by atoms with Gasteiger partial charge in [-0.25, -0.2) is 13.1 Å². The summed E-state index contributed by atoms with van der Waals surface area (Å²) in [5.74, 6) is 0. The molecule has 2 aromatic carbocycles. The highest BCUT2D eigenvalue weighted by molar-refractivity contribution is 7.89. The number of nitrogens with zero attached hydrogens (tertiary/aromatic N) is 1. The van der Waals surface area contributed by atoms with E-state index in [2.05, 4.69) is 4.72 Å². The lowest BCUT2D eigenvalue weighted by molar-refractivity contribution is 0.588. The largest absolute Gasteiger partial charge is 0.397 e. The standard InChI is InChI=1S/C15H19N3O2S/c1-11-5-4-6-12(9-11)18(3)15-8-7-13(10-14(15)16)21(19,20)17-2/h4-10,17H,16H2,1-3H3. The molecule has 0 heterocycles. The van der Waals surface area contributed by atoms with Gasteiger partial charge in [-0.1, -0.05) is 12.1 Å². The summed E-state index contributed by atoms with van der Waals surface area (Å²) in [6.07, 6.45) is 0. The molecule has 0 amide bonds. The highest BCUT2D eigenvalue weighted by Crippen LogP contribution is 2.31. The Morgan fingerprint density at radius 2 is 1.86 bits per heavy atom. The maximum absolute atomic E-state index is 11.8. The third kappa shape index (κ3) is 3.17. The van der Waals surface area contributed by atoms with Gasteiger partial charge < -0.3 is 10.6 Å². The van der Waals surface area contributed by atoms with Crippen LogP contribution in [0.3, 0.4) is 0 Å². The Morgan fingerprint density at radius 3 is 2.43 bits per heavy atom. The summed E-state index contributed by atoms with van der Waals surface area (Å²) in [5, 5.41) is 0. The van der Waals surface area contributed by atoms with Crippen LogP contribution in [0, 0.1) is 6.92 Å². The van der Waals surface area contributed by atoms with E-state index in [0.717, 1.165) is 16.9 Å². The first-order chi connectivity index (χ1) is 9.85. The van der Waals surface area contributed by atoms with Crippen molar-refractivity contribution in [2.45, 2.75) is 11.8 Å². The van der Waals surface area contributed by atoms with E-state index in [9.17, 15) is 8.42 Å². The highest BCUT2D eigenvalue weighted by Gasteiger charge is 2.15. The molecule has 0 bridgehead atoms. The number of nitrogen functional groups attached to an aromatic ring is 1. The van der Waals surface area contributed by atoms with E-state index >= 15 is 0 Å². The lowest BCUT2D eigenvalue weighted by Gasteiger charge is -2.22.